The number of rotatable bonds is 5. The first-order valence-electron chi connectivity index (χ1n) is 8.72. The van der Waals surface area contributed by atoms with Crippen molar-refractivity contribution in [2.24, 2.45) is 5.92 Å². The second-order valence-corrected chi connectivity index (χ2v) is 6.80. The summed E-state index contributed by atoms with van der Waals surface area (Å²) in [5.41, 5.74) is 1.55. The summed E-state index contributed by atoms with van der Waals surface area (Å²) in [7, 11) is 0. The third kappa shape index (κ3) is 3.63. The molecular weight excluding hydrogens is 242 g/mol. The molecule has 1 nitrogen and oxygen atoms in total. The van der Waals surface area contributed by atoms with E-state index in [0.29, 0.717) is 6.04 Å². The Kier molecular flexibility index (Phi) is 5.13. The van der Waals surface area contributed by atoms with Gasteiger partial charge >= 0.3 is 0 Å². The van der Waals surface area contributed by atoms with Crippen molar-refractivity contribution in [3.8, 4) is 0 Å². The van der Waals surface area contributed by atoms with Gasteiger partial charge in [0.05, 0.1) is 0 Å². The maximum Gasteiger partial charge on any atom is 0.0136 e. The van der Waals surface area contributed by atoms with Crippen LogP contribution in [0.2, 0.25) is 0 Å². The largest absolute Gasteiger partial charge is 0.313 e. The molecule has 2 aliphatic rings. The molecule has 3 rings (SSSR count). The highest BCUT2D eigenvalue weighted by atomic mass is 14.9. The summed E-state index contributed by atoms with van der Waals surface area (Å²) < 4.78 is 0. The van der Waals surface area contributed by atoms with Gasteiger partial charge in [0.1, 0.15) is 0 Å². The summed E-state index contributed by atoms with van der Waals surface area (Å²) in [4.78, 5) is 0. The van der Waals surface area contributed by atoms with Crippen LogP contribution < -0.4 is 5.32 Å². The molecule has 2 atom stereocenters. The topological polar surface area (TPSA) is 12.0 Å². The molecule has 0 aromatic heterocycles. The molecule has 0 radical (unpaired) electrons. The van der Waals surface area contributed by atoms with Gasteiger partial charge in [-0.05, 0) is 43.2 Å². The highest BCUT2D eigenvalue weighted by Gasteiger charge is 2.26. The smallest absolute Gasteiger partial charge is 0.0136 e. The Morgan fingerprint density at radius 2 is 1.55 bits per heavy atom. The van der Waals surface area contributed by atoms with E-state index in [4.69, 9.17) is 0 Å². The van der Waals surface area contributed by atoms with Gasteiger partial charge in [-0.25, -0.2) is 0 Å². The predicted molar refractivity (Wildman–Crippen MR) is 86.0 cm³/mol. The number of nitrogens with one attached hydrogen (secondary N) is 1. The molecule has 2 aliphatic carbocycles. The van der Waals surface area contributed by atoms with E-state index in [1.165, 1.54) is 64.3 Å². The lowest BCUT2D eigenvalue weighted by Gasteiger charge is -2.33. The predicted octanol–water partition coefficient (Wildman–Crippen LogP) is 4.88. The van der Waals surface area contributed by atoms with Crippen LogP contribution in [0.1, 0.15) is 69.3 Å². The number of hydrogen-bond donors (Lipinski definition) is 1. The molecule has 1 N–H and O–H groups in total. The Labute approximate surface area is 124 Å². The molecule has 0 amide bonds. The van der Waals surface area contributed by atoms with E-state index in [0.717, 1.165) is 11.8 Å². The van der Waals surface area contributed by atoms with E-state index in [2.05, 4.69) is 35.6 Å². The molecule has 2 unspecified atom stereocenters. The fourth-order valence-electron chi connectivity index (χ4n) is 4.25. The fraction of sp³-hybridized carbons (Fsp3) is 0.684. The number of benzene rings is 1. The lowest BCUT2D eigenvalue weighted by Crippen LogP contribution is -2.38. The normalized spacial score (nSPS) is 27.8. The van der Waals surface area contributed by atoms with Crippen molar-refractivity contribution in [2.45, 2.75) is 69.7 Å². The monoisotopic (exact) mass is 271 g/mol. The minimum absolute atomic E-state index is 0.715. The first kappa shape index (κ1) is 14.1. The van der Waals surface area contributed by atoms with Crippen LogP contribution in [-0.2, 0) is 0 Å². The van der Waals surface area contributed by atoms with E-state index < -0.39 is 0 Å². The zero-order valence-electron chi connectivity index (χ0n) is 12.7. The van der Waals surface area contributed by atoms with Gasteiger partial charge in [0, 0.05) is 6.04 Å². The van der Waals surface area contributed by atoms with Gasteiger partial charge in [-0.15, -0.1) is 0 Å². The van der Waals surface area contributed by atoms with Gasteiger partial charge in [-0.2, -0.15) is 0 Å². The van der Waals surface area contributed by atoms with Crippen molar-refractivity contribution in [3.05, 3.63) is 35.9 Å². The average Bonchev–Trinajstić information content (AvgIpc) is 3.02. The van der Waals surface area contributed by atoms with Crippen LogP contribution in [-0.4, -0.2) is 12.6 Å². The minimum atomic E-state index is 0.715. The molecule has 2 saturated carbocycles. The van der Waals surface area contributed by atoms with Gasteiger partial charge in [0.2, 0.25) is 0 Å². The molecular formula is C19H29N. The third-order valence-electron chi connectivity index (χ3n) is 5.43. The van der Waals surface area contributed by atoms with Crippen LogP contribution in [0.3, 0.4) is 0 Å². The number of hydrogen-bond acceptors (Lipinski definition) is 1. The minimum Gasteiger partial charge on any atom is -0.313 e. The lowest BCUT2D eigenvalue weighted by atomic mass is 9.80. The van der Waals surface area contributed by atoms with Gasteiger partial charge < -0.3 is 5.32 Å². The summed E-state index contributed by atoms with van der Waals surface area (Å²) in [5, 5.41) is 3.90. The Morgan fingerprint density at radius 1 is 0.850 bits per heavy atom. The zero-order chi connectivity index (χ0) is 13.6. The second kappa shape index (κ2) is 7.26. The van der Waals surface area contributed by atoms with E-state index in [-0.39, 0.29) is 0 Å². The molecule has 0 aliphatic heterocycles. The van der Waals surface area contributed by atoms with Crippen LogP contribution in [0.15, 0.2) is 30.3 Å². The highest BCUT2D eigenvalue weighted by Crippen LogP contribution is 2.33. The van der Waals surface area contributed by atoms with Crippen LogP contribution >= 0.6 is 0 Å². The summed E-state index contributed by atoms with van der Waals surface area (Å²) in [6, 6.07) is 11.9. The van der Waals surface area contributed by atoms with Crippen molar-refractivity contribution < 1.29 is 0 Å². The molecule has 110 valence electrons. The van der Waals surface area contributed by atoms with E-state index in [1.807, 2.05) is 0 Å². The quantitative estimate of drug-likeness (QED) is 0.804. The van der Waals surface area contributed by atoms with Crippen molar-refractivity contribution in [3.63, 3.8) is 0 Å². The van der Waals surface area contributed by atoms with E-state index >= 15 is 0 Å². The Balaban J connectivity index is 1.52. The summed E-state index contributed by atoms with van der Waals surface area (Å²) in [5.74, 6) is 1.76. The van der Waals surface area contributed by atoms with Crippen LogP contribution in [0.4, 0.5) is 0 Å². The molecule has 0 bridgehead atoms. The first-order valence-corrected chi connectivity index (χ1v) is 8.72. The van der Waals surface area contributed by atoms with Gasteiger partial charge in [-0.1, -0.05) is 68.9 Å². The molecule has 0 heterocycles. The maximum atomic E-state index is 3.90. The Bertz CT molecular complexity index is 380. The van der Waals surface area contributed by atoms with Gasteiger partial charge in [0.25, 0.3) is 0 Å². The highest BCUT2D eigenvalue weighted by molar-refractivity contribution is 5.21. The maximum absolute atomic E-state index is 3.90. The second-order valence-electron chi connectivity index (χ2n) is 6.80. The third-order valence-corrected chi connectivity index (χ3v) is 5.43. The van der Waals surface area contributed by atoms with Crippen LogP contribution in [0, 0.1) is 5.92 Å². The van der Waals surface area contributed by atoms with Gasteiger partial charge in [0.15, 0.2) is 0 Å². The molecule has 20 heavy (non-hydrogen) atoms. The SMILES string of the molecule is c1ccc(C2CCCCC2NCCC2CCCC2)cc1. The lowest BCUT2D eigenvalue weighted by molar-refractivity contribution is 0.318. The Hall–Kier alpha value is -0.820. The summed E-state index contributed by atoms with van der Waals surface area (Å²) >= 11 is 0. The summed E-state index contributed by atoms with van der Waals surface area (Å²) in [6.45, 7) is 1.23. The van der Waals surface area contributed by atoms with Crippen molar-refractivity contribution >= 4 is 0 Å². The first-order chi connectivity index (χ1) is 9.93. The van der Waals surface area contributed by atoms with Crippen LogP contribution in [0.25, 0.3) is 0 Å². The zero-order valence-corrected chi connectivity index (χ0v) is 12.7. The Morgan fingerprint density at radius 3 is 2.35 bits per heavy atom. The molecule has 1 aromatic carbocycles. The molecule has 0 spiro atoms. The standard InChI is InChI=1S/C19H29N/c1-2-10-17(11-3-1)18-12-6-7-13-19(18)20-15-14-16-8-4-5-9-16/h1-3,10-11,16,18-20H,4-9,12-15H2. The van der Waals surface area contributed by atoms with Crippen molar-refractivity contribution in [1.82, 2.24) is 5.32 Å². The van der Waals surface area contributed by atoms with Gasteiger partial charge in [-0.3, -0.25) is 0 Å². The molecule has 1 aromatic rings. The summed E-state index contributed by atoms with van der Waals surface area (Å²) in [6.07, 6.45) is 12.8. The fourth-order valence-corrected chi connectivity index (χ4v) is 4.25. The van der Waals surface area contributed by atoms with Crippen molar-refractivity contribution in [2.75, 3.05) is 6.54 Å². The average molecular weight is 271 g/mol. The molecule has 2 fully saturated rings. The molecule has 0 saturated heterocycles. The van der Waals surface area contributed by atoms with E-state index in [1.54, 1.807) is 5.56 Å². The van der Waals surface area contributed by atoms with Crippen LogP contribution in [0.5, 0.6) is 0 Å². The molecule has 1 heteroatoms. The van der Waals surface area contributed by atoms with E-state index in [9.17, 15) is 0 Å². The van der Waals surface area contributed by atoms with Crippen molar-refractivity contribution in [1.29, 1.82) is 0 Å².